The lowest BCUT2D eigenvalue weighted by atomic mass is 10.1. The predicted molar refractivity (Wildman–Crippen MR) is 146 cm³/mol. The second-order valence-corrected chi connectivity index (χ2v) is 9.75. The van der Waals surface area contributed by atoms with Gasteiger partial charge in [-0.1, -0.05) is 12.1 Å². The van der Waals surface area contributed by atoms with Crippen LogP contribution in [-0.4, -0.2) is 45.6 Å². The number of nitrogens with zero attached hydrogens (tertiary/aromatic N) is 5. The molecule has 1 N–H and O–H groups in total. The average Bonchev–Trinajstić information content (AvgIpc) is 2.91. The highest BCUT2D eigenvalue weighted by atomic mass is 19.1. The van der Waals surface area contributed by atoms with Crippen LogP contribution in [0.1, 0.15) is 18.5 Å². The van der Waals surface area contributed by atoms with Crippen LogP contribution in [0.4, 0.5) is 15.8 Å². The van der Waals surface area contributed by atoms with Crippen molar-refractivity contribution in [3.8, 4) is 17.1 Å². The van der Waals surface area contributed by atoms with E-state index in [0.29, 0.717) is 0 Å². The summed E-state index contributed by atoms with van der Waals surface area (Å²) < 4.78 is 16.0. The van der Waals surface area contributed by atoms with Crippen molar-refractivity contribution in [2.45, 2.75) is 25.8 Å². The molecule has 3 aliphatic rings. The summed E-state index contributed by atoms with van der Waals surface area (Å²) in [6, 6.07) is 23.1. The van der Waals surface area contributed by atoms with Crippen LogP contribution in [0.25, 0.3) is 28.1 Å². The zero-order chi connectivity index (χ0) is 25.4. The van der Waals surface area contributed by atoms with Crippen LogP contribution in [0.3, 0.4) is 0 Å². The third kappa shape index (κ3) is 4.82. The second-order valence-electron chi connectivity index (χ2n) is 9.75. The van der Waals surface area contributed by atoms with Crippen molar-refractivity contribution in [2.24, 2.45) is 4.99 Å². The number of piperidine rings is 1. The molecule has 0 radical (unpaired) electrons. The average molecular weight is 493 g/mol. The topological polar surface area (TPSA) is 58.3 Å². The van der Waals surface area contributed by atoms with Gasteiger partial charge in [0.2, 0.25) is 0 Å². The minimum atomic E-state index is -0.261. The summed E-state index contributed by atoms with van der Waals surface area (Å²) in [5.74, 6) is -0.261. The van der Waals surface area contributed by atoms with Gasteiger partial charge >= 0.3 is 0 Å². The molecule has 1 fully saturated rings. The standard InChI is InChI=1S/C30H29FN6/c1-20-7-10-23(19-32-20)34-26-17-28-30(18-27(26)33-22-13-15-36(2)16-14-22)37(24-11-8-21(31)9-12-24)29-6-4-3-5-25(29)35-28/h3-12,17-19,22,34H,13-16H2,1-2H3. The minimum absolute atomic E-state index is 0.248. The van der Waals surface area contributed by atoms with E-state index >= 15 is 0 Å². The first-order valence-electron chi connectivity index (χ1n) is 12.7. The van der Waals surface area contributed by atoms with Gasteiger partial charge in [0.25, 0.3) is 0 Å². The number of benzene rings is 3. The second kappa shape index (κ2) is 9.75. The van der Waals surface area contributed by atoms with Gasteiger partial charge in [-0.3, -0.25) is 9.98 Å². The van der Waals surface area contributed by atoms with E-state index in [1.807, 2.05) is 49.5 Å². The fourth-order valence-electron chi connectivity index (χ4n) is 4.94. The summed E-state index contributed by atoms with van der Waals surface area (Å²) in [4.78, 5) is 17.0. The lowest BCUT2D eigenvalue weighted by molar-refractivity contribution is 0.255. The lowest BCUT2D eigenvalue weighted by Crippen LogP contribution is -2.33. The molecule has 1 aromatic heterocycles. The SMILES string of the molecule is Cc1ccc(Nc2cc3nc4ccccc4n(-c4ccc(F)cc4)c-3cc2=NC2CCN(C)CC2)cn1. The van der Waals surface area contributed by atoms with Gasteiger partial charge in [0.05, 0.1) is 51.4 Å². The van der Waals surface area contributed by atoms with Crippen LogP contribution in [0.15, 0.2) is 84.0 Å². The molecule has 6 rings (SSSR count). The Morgan fingerprint density at radius 1 is 0.973 bits per heavy atom. The molecule has 6 nitrogen and oxygen atoms in total. The number of fused-ring (bicyclic) bond motifs is 2. The van der Waals surface area contributed by atoms with Crippen molar-refractivity contribution >= 4 is 22.4 Å². The Morgan fingerprint density at radius 2 is 1.76 bits per heavy atom. The van der Waals surface area contributed by atoms with Gasteiger partial charge in [-0.15, -0.1) is 0 Å². The number of para-hydroxylation sites is 2. The summed E-state index contributed by atoms with van der Waals surface area (Å²) in [6.07, 6.45) is 3.88. The zero-order valence-electron chi connectivity index (χ0n) is 21.0. The number of aryl methyl sites for hydroxylation is 1. The van der Waals surface area contributed by atoms with Crippen molar-refractivity contribution in [1.82, 2.24) is 19.4 Å². The quantitative estimate of drug-likeness (QED) is 0.327. The molecule has 186 valence electrons. The van der Waals surface area contributed by atoms with Crippen molar-refractivity contribution in [3.63, 3.8) is 0 Å². The van der Waals surface area contributed by atoms with Crippen molar-refractivity contribution in [1.29, 1.82) is 0 Å². The van der Waals surface area contributed by atoms with E-state index in [0.717, 1.165) is 76.5 Å². The predicted octanol–water partition coefficient (Wildman–Crippen LogP) is 5.71. The molecule has 0 unspecified atom stereocenters. The smallest absolute Gasteiger partial charge is 0.123 e. The summed E-state index contributed by atoms with van der Waals surface area (Å²) in [5.41, 5.74) is 7.20. The fraction of sp³-hybridized carbons (Fsp3) is 0.233. The molecule has 0 bridgehead atoms. The third-order valence-electron chi connectivity index (χ3n) is 6.98. The minimum Gasteiger partial charge on any atom is -0.352 e. The molecule has 3 aromatic rings. The van der Waals surface area contributed by atoms with E-state index in [1.54, 1.807) is 12.1 Å². The van der Waals surface area contributed by atoms with Gasteiger partial charge in [-0.25, -0.2) is 9.37 Å². The number of rotatable bonds is 4. The third-order valence-corrected chi connectivity index (χ3v) is 6.98. The molecule has 2 aliphatic heterocycles. The maximum Gasteiger partial charge on any atom is 0.123 e. The molecule has 37 heavy (non-hydrogen) atoms. The maximum absolute atomic E-state index is 13.8. The van der Waals surface area contributed by atoms with Crippen LogP contribution >= 0.6 is 0 Å². The van der Waals surface area contributed by atoms with Crippen molar-refractivity contribution < 1.29 is 4.39 Å². The first-order chi connectivity index (χ1) is 18.0. The largest absolute Gasteiger partial charge is 0.352 e. The molecule has 3 heterocycles. The normalized spacial score (nSPS) is 15.5. The molecule has 0 amide bonds. The highest BCUT2D eigenvalue weighted by molar-refractivity contribution is 5.84. The van der Waals surface area contributed by atoms with E-state index in [4.69, 9.17) is 9.98 Å². The number of halogens is 1. The van der Waals surface area contributed by atoms with E-state index in [2.05, 4.69) is 38.9 Å². The number of pyridine rings is 1. The lowest BCUT2D eigenvalue weighted by Gasteiger charge is -2.26. The summed E-state index contributed by atoms with van der Waals surface area (Å²) in [7, 11) is 2.16. The summed E-state index contributed by atoms with van der Waals surface area (Å²) in [5, 5.41) is 4.42. The monoisotopic (exact) mass is 492 g/mol. The first-order valence-corrected chi connectivity index (χ1v) is 12.7. The van der Waals surface area contributed by atoms with Gasteiger partial charge in [0, 0.05) is 11.4 Å². The molecule has 1 aliphatic carbocycles. The Bertz CT molecular complexity index is 1580. The number of hydrogen-bond acceptors (Lipinski definition) is 5. The van der Waals surface area contributed by atoms with Gasteiger partial charge < -0.3 is 14.8 Å². The first kappa shape index (κ1) is 23.3. The fourth-order valence-corrected chi connectivity index (χ4v) is 4.94. The van der Waals surface area contributed by atoms with Crippen molar-refractivity contribution in [3.05, 3.63) is 95.9 Å². The summed E-state index contributed by atoms with van der Waals surface area (Å²) >= 11 is 0. The van der Waals surface area contributed by atoms with Gasteiger partial charge in [0.15, 0.2) is 0 Å². The van der Waals surface area contributed by atoms with E-state index in [-0.39, 0.29) is 11.9 Å². The Morgan fingerprint density at radius 3 is 2.51 bits per heavy atom. The Balaban J connectivity index is 1.59. The van der Waals surface area contributed by atoms with Crippen LogP contribution in [0.5, 0.6) is 0 Å². The van der Waals surface area contributed by atoms with E-state index in [9.17, 15) is 4.39 Å². The molecular weight excluding hydrogens is 463 g/mol. The maximum atomic E-state index is 13.8. The van der Waals surface area contributed by atoms with Crippen molar-refractivity contribution in [2.75, 3.05) is 25.5 Å². The van der Waals surface area contributed by atoms with Crippen LogP contribution < -0.4 is 10.7 Å². The Labute approximate surface area is 215 Å². The molecule has 2 aromatic carbocycles. The van der Waals surface area contributed by atoms with E-state index in [1.165, 1.54) is 12.1 Å². The Kier molecular flexibility index (Phi) is 6.14. The molecular formula is C30H29FN6. The van der Waals surface area contributed by atoms with Crippen LogP contribution in [0, 0.1) is 12.7 Å². The van der Waals surface area contributed by atoms with Gasteiger partial charge in [-0.2, -0.15) is 0 Å². The molecule has 0 saturated carbocycles. The van der Waals surface area contributed by atoms with Gasteiger partial charge in [-0.05, 0) is 101 Å². The zero-order valence-corrected chi connectivity index (χ0v) is 21.0. The molecule has 0 atom stereocenters. The number of likely N-dealkylation sites (tertiary alicyclic amines) is 1. The van der Waals surface area contributed by atoms with Crippen LogP contribution in [-0.2, 0) is 0 Å². The van der Waals surface area contributed by atoms with Crippen LogP contribution in [0.2, 0.25) is 0 Å². The molecule has 1 saturated heterocycles. The highest BCUT2D eigenvalue weighted by Gasteiger charge is 2.19. The molecule has 0 spiro atoms. The van der Waals surface area contributed by atoms with Gasteiger partial charge in [0.1, 0.15) is 5.82 Å². The number of aromatic nitrogens is 3. The van der Waals surface area contributed by atoms with E-state index < -0.39 is 0 Å². The highest BCUT2D eigenvalue weighted by Crippen LogP contribution is 2.30. The number of nitrogens with one attached hydrogen (secondary N) is 1. The molecule has 7 heteroatoms. The number of hydrogen-bond donors (Lipinski definition) is 1. The Hall–Kier alpha value is -4.10. The summed E-state index contributed by atoms with van der Waals surface area (Å²) in [6.45, 7) is 4.05. The number of anilines is 2.